The van der Waals surface area contributed by atoms with Crippen molar-refractivity contribution in [2.75, 3.05) is 26.2 Å². The van der Waals surface area contributed by atoms with Gasteiger partial charge in [-0.3, -0.25) is 14.4 Å². The van der Waals surface area contributed by atoms with Gasteiger partial charge in [0.25, 0.3) is 11.8 Å². The van der Waals surface area contributed by atoms with Crippen molar-refractivity contribution in [1.82, 2.24) is 20.9 Å². The first-order chi connectivity index (χ1) is 18.9. The standard InChI is InChI=1S/C31H44F2N4O3/c1-7-9-37(10-8-2)31(40)25-12-21(5)11-24(16-25)30(39)36-28(15-23-13-26(32)17-27(33)14-23)19-34-22(6)29(38)35-18-20(3)4/h11-14,16-17,20,22,28,34H,7-10,15,18-19H2,1-6H3,(H,35,38)(H,36,39). The van der Waals surface area contributed by atoms with E-state index < -0.39 is 29.6 Å². The SMILES string of the molecule is CCCN(CCC)C(=O)c1cc(C)cc(C(=O)NC(CNC(C)C(=O)NCC(C)C)Cc2cc(F)cc(F)c2)c1. The van der Waals surface area contributed by atoms with Gasteiger partial charge in [0.15, 0.2) is 0 Å². The van der Waals surface area contributed by atoms with Crippen LogP contribution in [0, 0.1) is 24.5 Å². The molecule has 0 fully saturated rings. The van der Waals surface area contributed by atoms with Crippen molar-refractivity contribution in [3.63, 3.8) is 0 Å². The highest BCUT2D eigenvalue weighted by atomic mass is 19.1. The zero-order valence-electron chi connectivity index (χ0n) is 24.6. The first-order valence-corrected chi connectivity index (χ1v) is 14.1. The molecule has 2 atom stereocenters. The Hall–Kier alpha value is -3.33. The van der Waals surface area contributed by atoms with Crippen LogP contribution in [0.15, 0.2) is 36.4 Å². The summed E-state index contributed by atoms with van der Waals surface area (Å²) in [7, 11) is 0. The summed E-state index contributed by atoms with van der Waals surface area (Å²) in [5.41, 5.74) is 1.89. The molecule has 0 heterocycles. The normalized spacial score (nSPS) is 12.6. The molecule has 2 unspecified atom stereocenters. The van der Waals surface area contributed by atoms with Crippen LogP contribution in [-0.2, 0) is 11.2 Å². The Morgan fingerprint density at radius 1 is 0.850 bits per heavy atom. The molecule has 0 bridgehead atoms. The van der Waals surface area contributed by atoms with E-state index in [9.17, 15) is 23.2 Å². The summed E-state index contributed by atoms with van der Waals surface area (Å²) < 4.78 is 27.8. The van der Waals surface area contributed by atoms with E-state index in [0.29, 0.717) is 42.2 Å². The van der Waals surface area contributed by atoms with E-state index in [-0.39, 0.29) is 24.8 Å². The fourth-order valence-electron chi connectivity index (χ4n) is 4.40. The molecule has 0 aliphatic rings. The molecule has 9 heteroatoms. The van der Waals surface area contributed by atoms with Gasteiger partial charge < -0.3 is 20.9 Å². The van der Waals surface area contributed by atoms with Crippen molar-refractivity contribution >= 4 is 17.7 Å². The van der Waals surface area contributed by atoms with Crippen LogP contribution < -0.4 is 16.0 Å². The highest BCUT2D eigenvalue weighted by Crippen LogP contribution is 2.15. The second-order valence-electron chi connectivity index (χ2n) is 10.8. The van der Waals surface area contributed by atoms with Gasteiger partial charge in [0, 0.05) is 49.4 Å². The molecule has 0 spiro atoms. The Morgan fingerprint density at radius 3 is 2.02 bits per heavy atom. The zero-order valence-corrected chi connectivity index (χ0v) is 24.6. The summed E-state index contributed by atoms with van der Waals surface area (Å²) in [5.74, 6) is -1.85. The Balaban J connectivity index is 2.25. The minimum Gasteiger partial charge on any atom is -0.354 e. The first kappa shape index (κ1) is 32.9. The monoisotopic (exact) mass is 558 g/mol. The average molecular weight is 559 g/mol. The van der Waals surface area contributed by atoms with Crippen LogP contribution in [0.4, 0.5) is 8.78 Å². The van der Waals surface area contributed by atoms with Crippen molar-refractivity contribution in [3.8, 4) is 0 Å². The molecule has 0 aliphatic heterocycles. The molecule has 3 N–H and O–H groups in total. The fraction of sp³-hybridized carbons (Fsp3) is 0.516. The highest BCUT2D eigenvalue weighted by Gasteiger charge is 2.21. The van der Waals surface area contributed by atoms with Gasteiger partial charge in [0.05, 0.1) is 6.04 Å². The summed E-state index contributed by atoms with van der Waals surface area (Å²) in [5, 5.41) is 8.92. The third-order valence-electron chi connectivity index (χ3n) is 6.35. The van der Waals surface area contributed by atoms with Gasteiger partial charge in [-0.1, -0.05) is 27.7 Å². The van der Waals surface area contributed by atoms with Crippen molar-refractivity contribution in [2.45, 2.75) is 72.9 Å². The number of halogens is 2. The average Bonchev–Trinajstić information content (AvgIpc) is 2.88. The molecular weight excluding hydrogens is 514 g/mol. The fourth-order valence-corrected chi connectivity index (χ4v) is 4.40. The van der Waals surface area contributed by atoms with E-state index in [1.165, 1.54) is 12.1 Å². The van der Waals surface area contributed by atoms with E-state index in [0.717, 1.165) is 24.5 Å². The van der Waals surface area contributed by atoms with Crippen molar-refractivity contribution in [3.05, 3.63) is 70.3 Å². The largest absolute Gasteiger partial charge is 0.354 e. The Morgan fingerprint density at radius 2 is 1.45 bits per heavy atom. The zero-order chi connectivity index (χ0) is 29.8. The quantitative estimate of drug-likeness (QED) is 0.297. The Kier molecular flexibility index (Phi) is 13.2. The number of hydrogen-bond donors (Lipinski definition) is 3. The molecule has 3 amide bonds. The summed E-state index contributed by atoms with van der Waals surface area (Å²) in [6.45, 7) is 13.5. The maximum Gasteiger partial charge on any atom is 0.253 e. The Labute approximate surface area is 237 Å². The summed E-state index contributed by atoms with van der Waals surface area (Å²) in [4.78, 5) is 40.8. The molecule has 0 aliphatic carbocycles. The topological polar surface area (TPSA) is 90.5 Å². The van der Waals surface area contributed by atoms with Crippen LogP contribution in [0.1, 0.15) is 79.3 Å². The molecule has 2 aromatic rings. The van der Waals surface area contributed by atoms with Gasteiger partial charge in [0.1, 0.15) is 11.6 Å². The minimum atomic E-state index is -0.708. The maximum atomic E-state index is 13.9. The molecule has 40 heavy (non-hydrogen) atoms. The van der Waals surface area contributed by atoms with E-state index >= 15 is 0 Å². The number of aryl methyl sites for hydroxylation is 1. The highest BCUT2D eigenvalue weighted by molar-refractivity contribution is 6.00. The van der Waals surface area contributed by atoms with Gasteiger partial charge in [-0.25, -0.2) is 8.78 Å². The van der Waals surface area contributed by atoms with Crippen LogP contribution in [0.2, 0.25) is 0 Å². The lowest BCUT2D eigenvalue weighted by Gasteiger charge is -2.23. The molecule has 0 saturated heterocycles. The molecule has 2 rings (SSSR count). The summed E-state index contributed by atoms with van der Waals surface area (Å²) >= 11 is 0. The number of amides is 3. The van der Waals surface area contributed by atoms with Crippen LogP contribution in [0.3, 0.4) is 0 Å². The van der Waals surface area contributed by atoms with E-state index in [1.54, 1.807) is 30.0 Å². The van der Waals surface area contributed by atoms with Gasteiger partial charge in [-0.2, -0.15) is 0 Å². The number of nitrogens with one attached hydrogen (secondary N) is 3. The molecule has 0 saturated carbocycles. The predicted molar refractivity (Wildman–Crippen MR) is 154 cm³/mol. The van der Waals surface area contributed by atoms with Crippen molar-refractivity contribution < 1.29 is 23.2 Å². The van der Waals surface area contributed by atoms with Gasteiger partial charge in [0.2, 0.25) is 5.91 Å². The Bertz CT molecular complexity index is 1130. The summed E-state index contributed by atoms with van der Waals surface area (Å²) in [6, 6.07) is 7.15. The molecule has 7 nitrogen and oxygen atoms in total. The number of carbonyl (C=O) groups is 3. The number of benzene rings is 2. The van der Waals surface area contributed by atoms with E-state index in [1.807, 2.05) is 34.6 Å². The smallest absolute Gasteiger partial charge is 0.253 e. The molecular formula is C31H44F2N4O3. The van der Waals surface area contributed by atoms with E-state index in [4.69, 9.17) is 0 Å². The number of carbonyl (C=O) groups excluding carboxylic acids is 3. The van der Waals surface area contributed by atoms with E-state index in [2.05, 4.69) is 16.0 Å². The second kappa shape index (κ2) is 16.1. The lowest BCUT2D eigenvalue weighted by Crippen LogP contribution is -2.50. The minimum absolute atomic E-state index is 0.129. The number of hydrogen-bond acceptors (Lipinski definition) is 4. The lowest BCUT2D eigenvalue weighted by molar-refractivity contribution is -0.122. The van der Waals surface area contributed by atoms with Crippen molar-refractivity contribution in [1.29, 1.82) is 0 Å². The molecule has 220 valence electrons. The van der Waals surface area contributed by atoms with Gasteiger partial charge >= 0.3 is 0 Å². The third-order valence-corrected chi connectivity index (χ3v) is 6.35. The second-order valence-corrected chi connectivity index (χ2v) is 10.8. The predicted octanol–water partition coefficient (Wildman–Crippen LogP) is 4.63. The van der Waals surface area contributed by atoms with Crippen LogP contribution in [0.5, 0.6) is 0 Å². The van der Waals surface area contributed by atoms with Crippen LogP contribution in [-0.4, -0.2) is 60.9 Å². The molecule has 2 aromatic carbocycles. The maximum absolute atomic E-state index is 13.9. The first-order valence-electron chi connectivity index (χ1n) is 14.1. The molecule has 0 aromatic heterocycles. The number of nitrogens with zero attached hydrogens (tertiary/aromatic N) is 1. The van der Waals surface area contributed by atoms with Gasteiger partial charge in [-0.15, -0.1) is 0 Å². The lowest BCUT2D eigenvalue weighted by atomic mass is 10.0. The molecule has 0 radical (unpaired) electrons. The van der Waals surface area contributed by atoms with Crippen LogP contribution in [0.25, 0.3) is 0 Å². The van der Waals surface area contributed by atoms with Gasteiger partial charge in [-0.05, 0) is 80.5 Å². The van der Waals surface area contributed by atoms with Crippen LogP contribution >= 0.6 is 0 Å². The number of rotatable bonds is 15. The summed E-state index contributed by atoms with van der Waals surface area (Å²) in [6.07, 6.45) is 1.79. The third kappa shape index (κ3) is 10.7. The van der Waals surface area contributed by atoms with Crippen molar-refractivity contribution in [2.24, 2.45) is 5.92 Å².